The summed E-state index contributed by atoms with van der Waals surface area (Å²) in [5.74, 6) is 0.904. The van der Waals surface area contributed by atoms with Crippen molar-refractivity contribution in [3.05, 3.63) is 62.6 Å². The van der Waals surface area contributed by atoms with Crippen LogP contribution in [0, 0.1) is 6.92 Å². The molecule has 2 aromatic carbocycles. The van der Waals surface area contributed by atoms with E-state index in [0.717, 1.165) is 26.4 Å². The molecular formula is C16H15Br2ClO. The van der Waals surface area contributed by atoms with E-state index in [9.17, 15) is 0 Å². The average Bonchev–Trinajstić information content (AvgIpc) is 2.40. The molecule has 0 heterocycles. The van der Waals surface area contributed by atoms with Gasteiger partial charge < -0.3 is 4.74 Å². The number of alkyl halides is 1. The lowest BCUT2D eigenvalue weighted by atomic mass is 10.0. The van der Waals surface area contributed by atoms with Crippen molar-refractivity contribution in [2.75, 3.05) is 6.61 Å². The number of rotatable bonds is 4. The minimum Gasteiger partial charge on any atom is -0.494 e. The Morgan fingerprint density at radius 1 is 1.15 bits per heavy atom. The number of benzene rings is 2. The normalized spacial score (nSPS) is 12.2. The first-order valence-corrected chi connectivity index (χ1v) is 8.44. The largest absolute Gasteiger partial charge is 0.494 e. The molecule has 1 unspecified atom stereocenters. The van der Waals surface area contributed by atoms with E-state index in [1.807, 2.05) is 31.2 Å². The zero-order valence-electron chi connectivity index (χ0n) is 11.3. The predicted molar refractivity (Wildman–Crippen MR) is 92.3 cm³/mol. The molecule has 0 saturated carbocycles. The number of hydrogen-bond donors (Lipinski definition) is 0. The Bertz CT molecular complexity index is 613. The van der Waals surface area contributed by atoms with Crippen LogP contribution in [0.1, 0.15) is 28.4 Å². The highest BCUT2D eigenvalue weighted by Crippen LogP contribution is 2.40. The van der Waals surface area contributed by atoms with Crippen molar-refractivity contribution in [2.24, 2.45) is 0 Å². The highest BCUT2D eigenvalue weighted by atomic mass is 79.9. The fourth-order valence-corrected chi connectivity index (χ4v) is 4.00. The second kappa shape index (κ2) is 6.97. The summed E-state index contributed by atoms with van der Waals surface area (Å²) in [6.07, 6.45) is 0. The van der Waals surface area contributed by atoms with Gasteiger partial charge in [-0.1, -0.05) is 67.2 Å². The maximum absolute atomic E-state index is 6.00. The molecule has 2 rings (SSSR count). The van der Waals surface area contributed by atoms with E-state index in [-0.39, 0.29) is 4.83 Å². The molecule has 2 aromatic rings. The van der Waals surface area contributed by atoms with E-state index in [1.165, 1.54) is 5.56 Å². The van der Waals surface area contributed by atoms with Crippen molar-refractivity contribution < 1.29 is 4.74 Å². The van der Waals surface area contributed by atoms with E-state index in [2.05, 4.69) is 50.9 Å². The van der Waals surface area contributed by atoms with Crippen LogP contribution < -0.4 is 4.74 Å². The van der Waals surface area contributed by atoms with Crippen molar-refractivity contribution in [3.8, 4) is 5.75 Å². The molecule has 1 nitrogen and oxygen atoms in total. The highest BCUT2D eigenvalue weighted by Gasteiger charge is 2.18. The van der Waals surface area contributed by atoms with E-state index in [0.29, 0.717) is 6.61 Å². The third-order valence-corrected chi connectivity index (χ3v) is 4.88. The molecule has 0 fully saturated rings. The second-order valence-corrected chi connectivity index (χ2v) is 6.71. The molecule has 106 valence electrons. The van der Waals surface area contributed by atoms with Crippen molar-refractivity contribution in [2.45, 2.75) is 18.7 Å². The van der Waals surface area contributed by atoms with Gasteiger partial charge in [-0.25, -0.2) is 0 Å². The summed E-state index contributed by atoms with van der Waals surface area (Å²) in [6, 6.07) is 12.0. The predicted octanol–water partition coefficient (Wildman–Crippen LogP) is 6.29. The lowest BCUT2D eigenvalue weighted by molar-refractivity contribution is 0.337. The van der Waals surface area contributed by atoms with Crippen LogP contribution in [0.25, 0.3) is 0 Å². The number of halogens is 3. The Morgan fingerprint density at radius 2 is 1.90 bits per heavy atom. The van der Waals surface area contributed by atoms with E-state index in [4.69, 9.17) is 16.3 Å². The van der Waals surface area contributed by atoms with Crippen LogP contribution >= 0.6 is 43.5 Å². The van der Waals surface area contributed by atoms with Gasteiger partial charge in [0.2, 0.25) is 0 Å². The Kier molecular flexibility index (Phi) is 5.53. The lowest BCUT2D eigenvalue weighted by Gasteiger charge is -2.17. The summed E-state index contributed by atoms with van der Waals surface area (Å²) in [5, 5.41) is 0.717. The molecule has 0 spiro atoms. The first-order chi connectivity index (χ1) is 9.52. The maximum Gasteiger partial charge on any atom is 0.123 e. The number of ether oxygens (including phenoxy) is 1. The Morgan fingerprint density at radius 3 is 2.55 bits per heavy atom. The molecule has 0 saturated heterocycles. The number of aryl methyl sites for hydroxylation is 1. The molecule has 0 radical (unpaired) electrons. The van der Waals surface area contributed by atoms with Crippen LogP contribution in [0.15, 0.2) is 40.9 Å². The number of hydrogen-bond acceptors (Lipinski definition) is 1. The minimum absolute atomic E-state index is 0.0515. The van der Waals surface area contributed by atoms with Gasteiger partial charge in [0.1, 0.15) is 5.75 Å². The molecule has 0 aliphatic carbocycles. The molecule has 0 amide bonds. The summed E-state index contributed by atoms with van der Waals surface area (Å²) in [5.41, 5.74) is 3.45. The van der Waals surface area contributed by atoms with Gasteiger partial charge in [0, 0.05) is 15.1 Å². The molecule has 0 aliphatic heterocycles. The van der Waals surface area contributed by atoms with Gasteiger partial charge in [-0.05, 0) is 37.6 Å². The maximum atomic E-state index is 6.00. The van der Waals surface area contributed by atoms with Crippen LogP contribution in [0.3, 0.4) is 0 Å². The van der Waals surface area contributed by atoms with Gasteiger partial charge in [0.15, 0.2) is 0 Å². The summed E-state index contributed by atoms with van der Waals surface area (Å²) < 4.78 is 6.71. The first-order valence-electron chi connectivity index (χ1n) is 6.35. The Hall–Kier alpha value is -0.510. The minimum atomic E-state index is 0.0515. The second-order valence-electron chi connectivity index (χ2n) is 4.50. The molecule has 0 bridgehead atoms. The average molecular weight is 419 g/mol. The fraction of sp³-hybridized carbons (Fsp3) is 0.250. The Labute approximate surface area is 141 Å². The van der Waals surface area contributed by atoms with Crippen LogP contribution in [0.5, 0.6) is 5.75 Å². The zero-order chi connectivity index (χ0) is 14.7. The first kappa shape index (κ1) is 15.9. The summed E-state index contributed by atoms with van der Waals surface area (Å²) in [4.78, 5) is 0.0515. The van der Waals surface area contributed by atoms with Gasteiger partial charge in [0.05, 0.1) is 11.4 Å². The molecule has 4 heteroatoms. The third kappa shape index (κ3) is 3.57. The van der Waals surface area contributed by atoms with Gasteiger partial charge in [-0.2, -0.15) is 0 Å². The fourth-order valence-electron chi connectivity index (χ4n) is 2.03. The molecule has 0 N–H and O–H groups in total. The topological polar surface area (TPSA) is 9.23 Å². The van der Waals surface area contributed by atoms with Crippen molar-refractivity contribution in [1.82, 2.24) is 0 Å². The molecular weight excluding hydrogens is 403 g/mol. The standard InChI is InChI=1S/C16H15Br2ClO/c1-3-20-15-7-4-10(2)8-13(15)16(18)12-6-5-11(19)9-14(12)17/h4-9,16H,3H2,1-2H3. The zero-order valence-corrected chi connectivity index (χ0v) is 15.2. The molecule has 20 heavy (non-hydrogen) atoms. The van der Waals surface area contributed by atoms with Crippen molar-refractivity contribution in [3.63, 3.8) is 0 Å². The van der Waals surface area contributed by atoms with Gasteiger partial charge in [-0.3, -0.25) is 0 Å². The monoisotopic (exact) mass is 416 g/mol. The lowest BCUT2D eigenvalue weighted by Crippen LogP contribution is -2.01. The third-order valence-electron chi connectivity index (χ3n) is 2.97. The van der Waals surface area contributed by atoms with Gasteiger partial charge >= 0.3 is 0 Å². The Balaban J connectivity index is 2.46. The smallest absolute Gasteiger partial charge is 0.123 e. The van der Waals surface area contributed by atoms with Crippen LogP contribution in [0.2, 0.25) is 5.02 Å². The SMILES string of the molecule is CCOc1ccc(C)cc1C(Br)c1ccc(Cl)cc1Br. The van der Waals surface area contributed by atoms with E-state index in [1.54, 1.807) is 0 Å². The van der Waals surface area contributed by atoms with E-state index >= 15 is 0 Å². The van der Waals surface area contributed by atoms with Crippen molar-refractivity contribution in [1.29, 1.82) is 0 Å². The highest BCUT2D eigenvalue weighted by molar-refractivity contribution is 9.11. The van der Waals surface area contributed by atoms with Crippen LogP contribution in [0.4, 0.5) is 0 Å². The quantitative estimate of drug-likeness (QED) is 0.530. The van der Waals surface area contributed by atoms with Crippen LogP contribution in [-0.4, -0.2) is 6.61 Å². The molecule has 0 aromatic heterocycles. The summed E-state index contributed by atoms with van der Waals surface area (Å²) >= 11 is 13.3. The van der Waals surface area contributed by atoms with E-state index < -0.39 is 0 Å². The van der Waals surface area contributed by atoms with Gasteiger partial charge in [-0.15, -0.1) is 0 Å². The molecule has 0 aliphatic rings. The summed E-state index contributed by atoms with van der Waals surface area (Å²) in [7, 11) is 0. The van der Waals surface area contributed by atoms with Gasteiger partial charge in [0.25, 0.3) is 0 Å². The van der Waals surface area contributed by atoms with Crippen LogP contribution in [-0.2, 0) is 0 Å². The van der Waals surface area contributed by atoms with Crippen molar-refractivity contribution >= 4 is 43.5 Å². The summed E-state index contributed by atoms with van der Waals surface area (Å²) in [6.45, 7) is 4.72. The molecule has 1 atom stereocenters.